The van der Waals surface area contributed by atoms with Gasteiger partial charge in [-0.1, -0.05) is 17.7 Å². The Balaban J connectivity index is 2.76. The highest BCUT2D eigenvalue weighted by molar-refractivity contribution is 7.83. The first-order chi connectivity index (χ1) is 6.38. The van der Waals surface area contributed by atoms with Crippen molar-refractivity contribution in [2.75, 3.05) is 0 Å². The van der Waals surface area contributed by atoms with E-state index in [0.29, 0.717) is 0 Å². The van der Waals surface area contributed by atoms with Crippen molar-refractivity contribution in [3.8, 4) is 0 Å². The molecule has 0 amide bonds. The molecule has 0 saturated heterocycles. The molecule has 0 unspecified atom stereocenters. The fourth-order valence-corrected chi connectivity index (χ4v) is 2.06. The molecule has 0 heterocycles. The smallest absolute Gasteiger partial charge is 0.125 e. The zero-order chi connectivity index (χ0) is 10.8. The molecule has 0 bridgehead atoms. The number of nitrogens with one attached hydrogen (secondary N) is 1. The van der Waals surface area contributed by atoms with Crippen LogP contribution in [0.3, 0.4) is 0 Å². The number of benzene rings is 1. The van der Waals surface area contributed by atoms with Gasteiger partial charge < -0.3 is 0 Å². The van der Waals surface area contributed by atoms with Gasteiger partial charge >= 0.3 is 0 Å². The van der Waals surface area contributed by atoms with Gasteiger partial charge in [0.25, 0.3) is 0 Å². The van der Waals surface area contributed by atoms with Crippen molar-refractivity contribution in [2.45, 2.75) is 38.1 Å². The highest BCUT2D eigenvalue weighted by Crippen LogP contribution is 2.09. The lowest BCUT2D eigenvalue weighted by molar-refractivity contribution is 0.519. The summed E-state index contributed by atoms with van der Waals surface area (Å²) in [6, 6.07) is 7.73. The van der Waals surface area contributed by atoms with Gasteiger partial charge in [-0.15, -0.1) is 0 Å². The molecular formula is C11H17NOS. The van der Waals surface area contributed by atoms with Gasteiger partial charge in [-0.2, -0.15) is 0 Å². The normalized spacial score (nSPS) is 14.0. The molecule has 1 aromatic rings. The molecule has 2 nitrogen and oxygen atoms in total. The zero-order valence-corrected chi connectivity index (χ0v) is 9.94. The van der Waals surface area contributed by atoms with Crippen LogP contribution in [0.1, 0.15) is 26.3 Å². The van der Waals surface area contributed by atoms with E-state index in [1.165, 1.54) is 5.56 Å². The first-order valence-corrected chi connectivity index (χ1v) is 5.80. The van der Waals surface area contributed by atoms with Crippen molar-refractivity contribution in [3.63, 3.8) is 0 Å². The first-order valence-electron chi connectivity index (χ1n) is 4.65. The van der Waals surface area contributed by atoms with Crippen LogP contribution < -0.4 is 4.72 Å². The largest absolute Gasteiger partial charge is 0.237 e. The standard InChI is InChI=1S/C11H17NOS/c1-9-5-7-10(8-6-9)14(13)12-11(2,3)4/h5-8,12H,1-4H3/t14-/m0/s1. The molecule has 0 aliphatic carbocycles. The summed E-state index contributed by atoms with van der Waals surface area (Å²) >= 11 is 0. The van der Waals surface area contributed by atoms with Gasteiger partial charge in [-0.05, 0) is 39.8 Å². The Bertz CT molecular complexity index is 324. The molecule has 0 spiro atoms. The summed E-state index contributed by atoms with van der Waals surface area (Å²) in [6.07, 6.45) is 0. The third-order valence-electron chi connectivity index (χ3n) is 1.63. The van der Waals surface area contributed by atoms with E-state index in [1.807, 2.05) is 52.0 Å². The maximum absolute atomic E-state index is 11.8. The molecular weight excluding hydrogens is 194 g/mol. The van der Waals surface area contributed by atoms with Crippen molar-refractivity contribution in [3.05, 3.63) is 29.8 Å². The van der Waals surface area contributed by atoms with Gasteiger partial charge in [0.15, 0.2) is 0 Å². The lowest BCUT2D eigenvalue weighted by Crippen LogP contribution is -2.37. The topological polar surface area (TPSA) is 29.1 Å². The Kier molecular flexibility index (Phi) is 3.45. The van der Waals surface area contributed by atoms with E-state index >= 15 is 0 Å². The monoisotopic (exact) mass is 211 g/mol. The van der Waals surface area contributed by atoms with Crippen LogP contribution in [-0.4, -0.2) is 9.75 Å². The van der Waals surface area contributed by atoms with Crippen LogP contribution in [-0.2, 0) is 11.0 Å². The molecule has 0 aliphatic heterocycles. The second-order valence-electron chi connectivity index (χ2n) is 4.43. The summed E-state index contributed by atoms with van der Waals surface area (Å²) < 4.78 is 14.8. The maximum atomic E-state index is 11.8. The lowest BCUT2D eigenvalue weighted by Gasteiger charge is -2.19. The Hall–Kier alpha value is -0.670. The van der Waals surface area contributed by atoms with E-state index in [2.05, 4.69) is 4.72 Å². The van der Waals surface area contributed by atoms with Crippen molar-refractivity contribution >= 4 is 11.0 Å². The lowest BCUT2D eigenvalue weighted by atomic mass is 10.1. The Labute approximate surface area is 88.3 Å². The van der Waals surface area contributed by atoms with Crippen molar-refractivity contribution in [1.29, 1.82) is 0 Å². The average molecular weight is 211 g/mol. The van der Waals surface area contributed by atoms with E-state index in [-0.39, 0.29) is 5.54 Å². The van der Waals surface area contributed by atoms with Crippen molar-refractivity contribution < 1.29 is 4.21 Å². The SMILES string of the molecule is Cc1ccc([S@](=O)NC(C)(C)C)cc1. The average Bonchev–Trinajstić information content (AvgIpc) is 2.02. The summed E-state index contributed by atoms with van der Waals surface area (Å²) in [7, 11) is -1.11. The summed E-state index contributed by atoms with van der Waals surface area (Å²) in [4.78, 5) is 0.825. The Morgan fingerprint density at radius 2 is 1.64 bits per heavy atom. The molecule has 1 aromatic carbocycles. The van der Waals surface area contributed by atoms with E-state index < -0.39 is 11.0 Å². The highest BCUT2D eigenvalue weighted by Gasteiger charge is 2.14. The van der Waals surface area contributed by atoms with Crippen LogP contribution in [0.4, 0.5) is 0 Å². The Morgan fingerprint density at radius 3 is 2.07 bits per heavy atom. The second-order valence-corrected chi connectivity index (χ2v) is 5.65. The minimum atomic E-state index is -1.11. The third kappa shape index (κ3) is 3.60. The van der Waals surface area contributed by atoms with Gasteiger partial charge in [-0.25, -0.2) is 8.93 Å². The summed E-state index contributed by atoms with van der Waals surface area (Å²) in [5.41, 5.74) is 1.05. The van der Waals surface area contributed by atoms with Crippen LogP contribution in [0.25, 0.3) is 0 Å². The predicted octanol–water partition coefficient (Wildman–Crippen LogP) is 2.41. The predicted molar refractivity (Wildman–Crippen MR) is 60.5 cm³/mol. The van der Waals surface area contributed by atoms with E-state index in [1.54, 1.807) is 0 Å². The molecule has 1 atom stereocenters. The van der Waals surface area contributed by atoms with Gasteiger partial charge in [0, 0.05) is 5.54 Å². The number of hydrogen-bond acceptors (Lipinski definition) is 1. The molecule has 3 heteroatoms. The number of rotatable bonds is 2. The third-order valence-corrected chi connectivity index (χ3v) is 3.13. The number of aryl methyl sites for hydroxylation is 1. The number of hydrogen-bond donors (Lipinski definition) is 1. The minimum absolute atomic E-state index is 0.129. The molecule has 0 aromatic heterocycles. The maximum Gasteiger partial charge on any atom is 0.125 e. The molecule has 1 rings (SSSR count). The van der Waals surface area contributed by atoms with Crippen LogP contribution in [0.5, 0.6) is 0 Å². The van der Waals surface area contributed by atoms with Gasteiger partial charge in [0.1, 0.15) is 11.0 Å². The molecule has 0 fully saturated rings. The van der Waals surface area contributed by atoms with Crippen LogP contribution in [0.2, 0.25) is 0 Å². The summed E-state index contributed by atoms with van der Waals surface area (Å²) in [5.74, 6) is 0. The molecule has 0 saturated carbocycles. The second kappa shape index (κ2) is 4.24. The molecule has 14 heavy (non-hydrogen) atoms. The molecule has 0 aliphatic rings. The highest BCUT2D eigenvalue weighted by atomic mass is 32.2. The first kappa shape index (κ1) is 11.4. The van der Waals surface area contributed by atoms with E-state index in [4.69, 9.17) is 0 Å². The minimum Gasteiger partial charge on any atom is -0.237 e. The van der Waals surface area contributed by atoms with E-state index in [0.717, 1.165) is 4.90 Å². The zero-order valence-electron chi connectivity index (χ0n) is 9.13. The van der Waals surface area contributed by atoms with Crippen molar-refractivity contribution in [1.82, 2.24) is 4.72 Å². The van der Waals surface area contributed by atoms with Crippen LogP contribution >= 0.6 is 0 Å². The fraction of sp³-hybridized carbons (Fsp3) is 0.455. The van der Waals surface area contributed by atoms with Gasteiger partial charge in [0.2, 0.25) is 0 Å². The molecule has 0 radical (unpaired) electrons. The molecule has 78 valence electrons. The van der Waals surface area contributed by atoms with Crippen LogP contribution in [0, 0.1) is 6.92 Å². The molecule has 1 N–H and O–H groups in total. The quantitative estimate of drug-likeness (QED) is 0.799. The Morgan fingerprint density at radius 1 is 1.14 bits per heavy atom. The van der Waals surface area contributed by atoms with Gasteiger partial charge in [0.05, 0.1) is 4.90 Å². The fourth-order valence-electron chi connectivity index (χ4n) is 0.999. The van der Waals surface area contributed by atoms with Gasteiger partial charge in [-0.3, -0.25) is 0 Å². The van der Waals surface area contributed by atoms with Crippen molar-refractivity contribution in [2.24, 2.45) is 0 Å². The summed E-state index contributed by atoms with van der Waals surface area (Å²) in [5, 5.41) is 0. The summed E-state index contributed by atoms with van der Waals surface area (Å²) in [6.45, 7) is 8.02. The van der Waals surface area contributed by atoms with Crippen LogP contribution in [0.15, 0.2) is 29.2 Å². The van der Waals surface area contributed by atoms with E-state index in [9.17, 15) is 4.21 Å².